The van der Waals surface area contributed by atoms with Gasteiger partial charge in [0.05, 0.1) is 16.5 Å². The second-order valence-corrected chi connectivity index (χ2v) is 6.29. The van der Waals surface area contributed by atoms with Crippen LogP contribution in [0, 0.1) is 16.7 Å². The molecule has 90 valence electrons. The third kappa shape index (κ3) is 1.94. The SMILES string of the molecule is N#CC1(Cc2sccc2Cl)Cc2ccccc2C1. The number of rotatable bonds is 2. The number of thiophene rings is 1. The molecule has 0 spiro atoms. The molecule has 0 saturated carbocycles. The van der Waals surface area contributed by atoms with Gasteiger partial charge in [-0.1, -0.05) is 35.9 Å². The van der Waals surface area contributed by atoms with Crippen LogP contribution in [0.25, 0.3) is 0 Å². The van der Waals surface area contributed by atoms with Gasteiger partial charge in [0.1, 0.15) is 0 Å². The van der Waals surface area contributed by atoms with E-state index in [1.165, 1.54) is 11.1 Å². The summed E-state index contributed by atoms with van der Waals surface area (Å²) >= 11 is 7.80. The summed E-state index contributed by atoms with van der Waals surface area (Å²) < 4.78 is 0. The van der Waals surface area contributed by atoms with E-state index in [9.17, 15) is 5.26 Å². The van der Waals surface area contributed by atoms with Crippen LogP contribution in [0.3, 0.4) is 0 Å². The summed E-state index contributed by atoms with van der Waals surface area (Å²) in [5, 5.41) is 12.4. The lowest BCUT2D eigenvalue weighted by Crippen LogP contribution is -2.21. The maximum Gasteiger partial charge on any atom is 0.0703 e. The summed E-state index contributed by atoms with van der Waals surface area (Å²) in [6, 6.07) is 12.8. The zero-order chi connectivity index (χ0) is 12.6. The van der Waals surface area contributed by atoms with Gasteiger partial charge in [-0.05, 0) is 35.4 Å². The van der Waals surface area contributed by atoms with Gasteiger partial charge in [0.15, 0.2) is 0 Å². The molecule has 1 aliphatic rings. The molecule has 0 saturated heterocycles. The van der Waals surface area contributed by atoms with Gasteiger partial charge in [-0.25, -0.2) is 0 Å². The Hall–Kier alpha value is -1.30. The molecule has 3 heteroatoms. The van der Waals surface area contributed by atoms with E-state index in [1.807, 2.05) is 23.6 Å². The molecule has 0 aliphatic heterocycles. The zero-order valence-corrected chi connectivity index (χ0v) is 11.4. The molecule has 1 heterocycles. The first-order valence-corrected chi connectivity index (χ1v) is 7.18. The maximum absolute atomic E-state index is 9.59. The average Bonchev–Trinajstić information content (AvgIpc) is 2.94. The first-order chi connectivity index (χ1) is 8.72. The van der Waals surface area contributed by atoms with Crippen LogP contribution in [0.4, 0.5) is 0 Å². The predicted octanol–water partition coefficient (Wildman–Crippen LogP) is 4.25. The molecule has 0 unspecified atom stereocenters. The largest absolute Gasteiger partial charge is 0.198 e. The van der Waals surface area contributed by atoms with Crippen LogP contribution in [-0.2, 0) is 19.3 Å². The summed E-state index contributed by atoms with van der Waals surface area (Å²) in [7, 11) is 0. The van der Waals surface area contributed by atoms with E-state index in [4.69, 9.17) is 11.6 Å². The zero-order valence-electron chi connectivity index (χ0n) is 9.82. The Balaban J connectivity index is 1.92. The number of halogens is 1. The van der Waals surface area contributed by atoms with Gasteiger partial charge in [-0.15, -0.1) is 11.3 Å². The molecule has 1 aromatic heterocycles. The molecule has 1 aromatic carbocycles. The van der Waals surface area contributed by atoms with Gasteiger partial charge in [-0.2, -0.15) is 5.26 Å². The lowest BCUT2D eigenvalue weighted by molar-refractivity contribution is 0.421. The standard InChI is InChI=1S/C15H12ClNS/c16-13-5-6-18-14(13)9-15(10-17)7-11-3-1-2-4-12(11)8-15/h1-6H,7-9H2. The van der Waals surface area contributed by atoms with Crippen molar-refractivity contribution in [3.63, 3.8) is 0 Å². The van der Waals surface area contributed by atoms with Crippen molar-refractivity contribution in [2.24, 2.45) is 5.41 Å². The van der Waals surface area contributed by atoms with Crippen molar-refractivity contribution in [2.75, 3.05) is 0 Å². The average molecular weight is 274 g/mol. The Kier molecular flexibility index (Phi) is 2.89. The lowest BCUT2D eigenvalue weighted by atomic mass is 9.82. The van der Waals surface area contributed by atoms with Crippen molar-refractivity contribution < 1.29 is 0 Å². The summed E-state index contributed by atoms with van der Waals surface area (Å²) in [5.74, 6) is 0. The summed E-state index contributed by atoms with van der Waals surface area (Å²) in [6.07, 6.45) is 2.44. The van der Waals surface area contributed by atoms with Gasteiger partial charge >= 0.3 is 0 Å². The molecule has 0 radical (unpaired) electrons. The number of nitriles is 1. The van der Waals surface area contributed by atoms with Gasteiger partial charge in [0.2, 0.25) is 0 Å². The fourth-order valence-corrected chi connectivity index (χ4v) is 3.94. The Morgan fingerprint density at radius 3 is 2.39 bits per heavy atom. The number of benzene rings is 1. The van der Waals surface area contributed by atoms with Gasteiger partial charge in [0.25, 0.3) is 0 Å². The highest BCUT2D eigenvalue weighted by molar-refractivity contribution is 7.10. The van der Waals surface area contributed by atoms with Crippen LogP contribution in [-0.4, -0.2) is 0 Å². The first kappa shape index (κ1) is 11.8. The van der Waals surface area contributed by atoms with Crippen LogP contribution < -0.4 is 0 Å². The minimum absolute atomic E-state index is 0.307. The van der Waals surface area contributed by atoms with Crippen molar-refractivity contribution in [2.45, 2.75) is 19.3 Å². The molecular formula is C15H12ClNS. The highest BCUT2D eigenvalue weighted by Crippen LogP contribution is 2.41. The third-order valence-electron chi connectivity index (χ3n) is 3.60. The van der Waals surface area contributed by atoms with E-state index < -0.39 is 0 Å². The molecular weight excluding hydrogens is 262 g/mol. The van der Waals surface area contributed by atoms with Crippen LogP contribution in [0.5, 0.6) is 0 Å². The maximum atomic E-state index is 9.59. The number of nitrogens with zero attached hydrogens (tertiary/aromatic N) is 1. The van der Waals surface area contributed by atoms with E-state index in [1.54, 1.807) is 11.3 Å². The lowest BCUT2D eigenvalue weighted by Gasteiger charge is -2.19. The highest BCUT2D eigenvalue weighted by Gasteiger charge is 2.38. The molecule has 2 aromatic rings. The van der Waals surface area contributed by atoms with Crippen LogP contribution in [0.15, 0.2) is 35.7 Å². The topological polar surface area (TPSA) is 23.8 Å². The van der Waals surface area contributed by atoms with E-state index in [0.29, 0.717) is 0 Å². The second kappa shape index (κ2) is 4.42. The van der Waals surface area contributed by atoms with E-state index in [2.05, 4.69) is 18.2 Å². The summed E-state index contributed by atoms with van der Waals surface area (Å²) in [5.41, 5.74) is 2.32. The van der Waals surface area contributed by atoms with E-state index >= 15 is 0 Å². The third-order valence-corrected chi connectivity index (χ3v) is 4.99. The summed E-state index contributed by atoms with van der Waals surface area (Å²) in [6.45, 7) is 0. The van der Waals surface area contributed by atoms with E-state index in [0.717, 1.165) is 29.2 Å². The molecule has 0 N–H and O–H groups in total. The van der Waals surface area contributed by atoms with Crippen molar-refractivity contribution >= 4 is 22.9 Å². The molecule has 3 rings (SSSR count). The normalized spacial score (nSPS) is 16.2. The Bertz CT molecular complexity index is 598. The Labute approximate surface area is 116 Å². The number of hydrogen-bond acceptors (Lipinski definition) is 2. The smallest absolute Gasteiger partial charge is 0.0703 e. The minimum atomic E-state index is -0.307. The van der Waals surface area contributed by atoms with Crippen LogP contribution >= 0.6 is 22.9 Å². The van der Waals surface area contributed by atoms with Gasteiger partial charge in [0, 0.05) is 11.3 Å². The fourth-order valence-electron chi connectivity index (χ4n) is 2.70. The van der Waals surface area contributed by atoms with Crippen LogP contribution in [0.2, 0.25) is 5.02 Å². The van der Waals surface area contributed by atoms with Crippen molar-refractivity contribution in [1.82, 2.24) is 0 Å². The molecule has 0 fully saturated rings. The monoisotopic (exact) mass is 273 g/mol. The number of fused-ring (bicyclic) bond motifs is 1. The molecule has 0 atom stereocenters. The Morgan fingerprint density at radius 1 is 1.22 bits per heavy atom. The predicted molar refractivity (Wildman–Crippen MR) is 74.9 cm³/mol. The second-order valence-electron chi connectivity index (χ2n) is 4.88. The Morgan fingerprint density at radius 2 is 1.89 bits per heavy atom. The quantitative estimate of drug-likeness (QED) is 0.802. The molecule has 1 nitrogen and oxygen atoms in total. The van der Waals surface area contributed by atoms with Crippen molar-refractivity contribution in [3.05, 3.63) is 56.7 Å². The van der Waals surface area contributed by atoms with Crippen molar-refractivity contribution in [3.8, 4) is 6.07 Å². The van der Waals surface area contributed by atoms with Gasteiger partial charge < -0.3 is 0 Å². The van der Waals surface area contributed by atoms with E-state index in [-0.39, 0.29) is 5.41 Å². The molecule has 0 bridgehead atoms. The molecule has 1 aliphatic carbocycles. The molecule has 0 amide bonds. The van der Waals surface area contributed by atoms with Crippen molar-refractivity contribution in [1.29, 1.82) is 5.26 Å². The first-order valence-electron chi connectivity index (χ1n) is 5.92. The summed E-state index contributed by atoms with van der Waals surface area (Å²) in [4.78, 5) is 1.13. The minimum Gasteiger partial charge on any atom is -0.198 e. The highest BCUT2D eigenvalue weighted by atomic mass is 35.5. The molecule has 18 heavy (non-hydrogen) atoms. The number of hydrogen-bond donors (Lipinski definition) is 0. The van der Waals surface area contributed by atoms with Crippen LogP contribution in [0.1, 0.15) is 16.0 Å². The van der Waals surface area contributed by atoms with Gasteiger partial charge in [-0.3, -0.25) is 0 Å². The fraction of sp³-hybridized carbons (Fsp3) is 0.267.